The summed E-state index contributed by atoms with van der Waals surface area (Å²) in [6, 6.07) is -0.453. The second-order valence-electron chi connectivity index (χ2n) is 21.3. The summed E-state index contributed by atoms with van der Waals surface area (Å²) >= 11 is 0. The molecule has 3 rings (SSSR count). The number of amides is 2. The number of hydrogen-bond acceptors (Lipinski definition) is 12. The van der Waals surface area contributed by atoms with E-state index in [1.165, 1.54) is 0 Å². The molecule has 0 aliphatic heterocycles. The van der Waals surface area contributed by atoms with Gasteiger partial charge in [-0.15, -0.1) is 0 Å². The second-order valence-corrected chi connectivity index (χ2v) is 21.3. The average Bonchev–Trinajstić information content (AvgIpc) is 3.06. The van der Waals surface area contributed by atoms with Gasteiger partial charge >= 0.3 is 18.2 Å². The molecule has 3 aliphatic carbocycles. The molecule has 0 aromatic heterocycles. The Bertz CT molecular complexity index is 1490. The largest absolute Gasteiger partial charge is 0.465 e. The van der Waals surface area contributed by atoms with Crippen LogP contribution in [-0.2, 0) is 33.3 Å². The van der Waals surface area contributed by atoms with Crippen LogP contribution in [0.4, 0.5) is 9.59 Å². The molecule has 0 bridgehead atoms. The Hall–Kier alpha value is -3.94. The van der Waals surface area contributed by atoms with Crippen molar-refractivity contribution in [2.75, 3.05) is 39.5 Å². The predicted molar refractivity (Wildman–Crippen MR) is 213 cm³/mol. The van der Waals surface area contributed by atoms with E-state index in [1.54, 1.807) is 18.4 Å². The molecule has 0 heterocycles. The molecule has 14 heteroatoms. The fraction of sp³-hybridized carbons (Fsp3) is 0.860. The summed E-state index contributed by atoms with van der Waals surface area (Å²) in [4.78, 5) is 69.8. The van der Waals surface area contributed by atoms with Crippen molar-refractivity contribution in [3.63, 3.8) is 0 Å². The highest BCUT2D eigenvalue weighted by atomic mass is 16.6. The van der Waals surface area contributed by atoms with Gasteiger partial charge < -0.3 is 29.6 Å². The van der Waals surface area contributed by atoms with Crippen LogP contribution < -0.4 is 10.6 Å². The minimum absolute atomic E-state index is 0.0129. The van der Waals surface area contributed by atoms with E-state index < -0.39 is 23.6 Å². The topological polar surface area (TPSA) is 195 Å². The quantitative estimate of drug-likeness (QED) is 0.0479. The molecule has 0 aromatic rings. The molecule has 2 N–H and O–H groups in total. The first kappa shape index (κ1) is 47.4. The molecule has 0 radical (unpaired) electrons. The number of alkyl carbamates (subject to hydrolysis) is 2. The van der Waals surface area contributed by atoms with Gasteiger partial charge in [-0.3, -0.25) is 4.79 Å². The lowest BCUT2D eigenvalue weighted by Gasteiger charge is -2.46. The van der Waals surface area contributed by atoms with Gasteiger partial charge in [0, 0.05) is 23.9 Å². The molecule has 0 spiro atoms. The maximum absolute atomic E-state index is 13.5. The molecule has 57 heavy (non-hydrogen) atoms. The third-order valence-electron chi connectivity index (χ3n) is 12.4. The molecule has 6 atom stereocenters. The molecule has 3 fully saturated rings. The molecule has 320 valence electrons. The second kappa shape index (κ2) is 19.2. The lowest BCUT2D eigenvalue weighted by molar-refractivity contribution is -0.152. The lowest BCUT2D eigenvalue weighted by Crippen LogP contribution is -2.49. The number of nitrogens with one attached hydrogen (secondary N) is 2. The molecule has 6 unspecified atom stereocenters. The van der Waals surface area contributed by atoms with E-state index in [0.717, 1.165) is 25.7 Å². The van der Waals surface area contributed by atoms with Crippen molar-refractivity contribution in [2.24, 2.45) is 53.8 Å². The highest BCUT2D eigenvalue weighted by molar-refractivity contribution is 5.70. The molecule has 0 aromatic carbocycles. The number of ether oxygens (including phenoxy) is 4. The number of esters is 1. The Balaban J connectivity index is 1.74. The maximum Gasteiger partial charge on any atom is 0.407 e. The van der Waals surface area contributed by atoms with Crippen LogP contribution in [0.15, 0.2) is 9.98 Å². The zero-order chi connectivity index (χ0) is 42.8. The number of carbonyl (C=O) groups excluding carboxylic acids is 5. The average molecular weight is 800 g/mol. The van der Waals surface area contributed by atoms with Crippen molar-refractivity contribution in [1.82, 2.24) is 10.6 Å². The highest BCUT2D eigenvalue weighted by Gasteiger charge is 2.45. The normalized spacial score (nSPS) is 31.0. The summed E-state index contributed by atoms with van der Waals surface area (Å²) in [5.41, 5.74) is -2.23. The predicted octanol–water partition coefficient (Wildman–Crippen LogP) is 7.94. The van der Waals surface area contributed by atoms with Crippen molar-refractivity contribution in [2.45, 2.75) is 152 Å². The molecule has 14 nitrogen and oxygen atoms in total. The number of nitriles is 1. The van der Waals surface area contributed by atoms with E-state index in [2.05, 4.69) is 82.9 Å². The Morgan fingerprint density at radius 2 is 1.11 bits per heavy atom. The number of rotatable bonds is 17. The van der Waals surface area contributed by atoms with Crippen molar-refractivity contribution in [3.05, 3.63) is 0 Å². The third-order valence-corrected chi connectivity index (χ3v) is 12.4. The van der Waals surface area contributed by atoms with Gasteiger partial charge in [-0.1, -0.05) is 69.2 Å². The first-order valence-electron chi connectivity index (χ1n) is 20.5. The first-order chi connectivity index (χ1) is 26.4. The van der Waals surface area contributed by atoms with Gasteiger partial charge in [-0.25, -0.2) is 29.2 Å². The molecule has 0 saturated heterocycles. The zero-order valence-electron chi connectivity index (χ0n) is 36.3. The van der Waals surface area contributed by atoms with Crippen LogP contribution in [0.3, 0.4) is 0 Å². The van der Waals surface area contributed by atoms with Crippen molar-refractivity contribution >= 4 is 30.3 Å². The van der Waals surface area contributed by atoms with E-state index in [-0.39, 0.29) is 83.3 Å². The number of carbonyl (C=O) groups is 3. The van der Waals surface area contributed by atoms with E-state index in [4.69, 9.17) is 24.2 Å². The Labute approximate surface area is 340 Å². The van der Waals surface area contributed by atoms with Gasteiger partial charge in [0.15, 0.2) is 0 Å². The van der Waals surface area contributed by atoms with Crippen molar-refractivity contribution in [1.29, 1.82) is 5.26 Å². The van der Waals surface area contributed by atoms with Crippen LogP contribution in [-0.4, -0.2) is 81.9 Å². The number of nitrogens with zero attached hydrogens (tertiary/aromatic N) is 3. The molecular weight excluding hydrogens is 730 g/mol. The number of isocyanates is 2. The van der Waals surface area contributed by atoms with Gasteiger partial charge in [0.1, 0.15) is 26.4 Å². The van der Waals surface area contributed by atoms with E-state index in [0.29, 0.717) is 51.6 Å². The van der Waals surface area contributed by atoms with Gasteiger partial charge in [0.05, 0.1) is 18.5 Å². The molecule has 3 aliphatic rings. The fourth-order valence-corrected chi connectivity index (χ4v) is 11.3. The lowest BCUT2D eigenvalue weighted by atomic mass is 9.60. The smallest absolute Gasteiger partial charge is 0.407 e. The zero-order valence-corrected chi connectivity index (χ0v) is 36.3. The minimum atomic E-state index is -1.05. The SMILES string of the molecule is CCC(COC(=O)CC1CC(C)(C)CC(C)(COC#N)C1)(COC(=O)NC1CC(C)(C)CC(C)(CN=C=O)C1)COC(=O)NC1CC(C)(C)CC(C)(CN=C=O)C1. The van der Waals surface area contributed by atoms with Crippen LogP contribution >= 0.6 is 0 Å². The van der Waals surface area contributed by atoms with Gasteiger partial charge in [0.25, 0.3) is 6.26 Å². The minimum Gasteiger partial charge on any atom is -0.465 e. The van der Waals surface area contributed by atoms with Crippen molar-refractivity contribution < 1.29 is 42.9 Å². The van der Waals surface area contributed by atoms with Crippen LogP contribution in [0.2, 0.25) is 0 Å². The Morgan fingerprint density at radius 3 is 1.54 bits per heavy atom. The Kier molecular flexibility index (Phi) is 16.0. The monoisotopic (exact) mass is 800 g/mol. The van der Waals surface area contributed by atoms with Crippen LogP contribution in [0.1, 0.15) is 140 Å². The summed E-state index contributed by atoms with van der Waals surface area (Å²) in [6.45, 7) is 21.2. The van der Waals surface area contributed by atoms with Crippen molar-refractivity contribution in [3.8, 4) is 6.26 Å². The Morgan fingerprint density at radius 1 is 0.667 bits per heavy atom. The van der Waals surface area contributed by atoms with Crippen LogP contribution in [0.25, 0.3) is 0 Å². The van der Waals surface area contributed by atoms with E-state index in [9.17, 15) is 24.0 Å². The summed E-state index contributed by atoms with van der Waals surface area (Å²) in [5.74, 6) is -0.393. The standard InChI is InChI=1S/C43H69N5O9/c1-11-43(25-55-34(51)12-31-13-37(2,3)21-42(10,14-31)24-54-28-44,26-56-35(52)47-32-15-38(4,5)19-40(8,17-32)22-45-29-49)27-57-36(53)48-33-16-39(6,7)20-41(9,18-33)23-46-30-50/h31-33H,11-27H2,1-10H3,(H,47,52)(H,48,53). The number of aliphatic imine (C=N–C) groups is 2. The summed E-state index contributed by atoms with van der Waals surface area (Å²) in [7, 11) is 0. The molecular formula is C43H69N5O9. The van der Waals surface area contributed by atoms with Crippen LogP contribution in [0, 0.1) is 55.3 Å². The maximum atomic E-state index is 13.5. The summed E-state index contributed by atoms with van der Waals surface area (Å²) in [6.07, 6.45) is 11.0. The van der Waals surface area contributed by atoms with Crippen LogP contribution in [0.5, 0.6) is 0 Å². The first-order valence-corrected chi connectivity index (χ1v) is 20.5. The fourth-order valence-electron chi connectivity index (χ4n) is 11.3. The molecule has 3 saturated carbocycles. The van der Waals surface area contributed by atoms with E-state index >= 15 is 0 Å². The molecule has 2 amide bonds. The third kappa shape index (κ3) is 15.4. The number of hydrogen-bond donors (Lipinski definition) is 2. The summed E-state index contributed by atoms with van der Waals surface area (Å²) in [5, 5.41) is 15.1. The summed E-state index contributed by atoms with van der Waals surface area (Å²) < 4.78 is 22.8. The van der Waals surface area contributed by atoms with Gasteiger partial charge in [-0.2, -0.15) is 5.26 Å². The van der Waals surface area contributed by atoms with Gasteiger partial charge in [-0.05, 0) is 97.2 Å². The highest BCUT2D eigenvalue weighted by Crippen LogP contribution is 2.50. The van der Waals surface area contributed by atoms with E-state index in [1.807, 2.05) is 6.92 Å². The van der Waals surface area contributed by atoms with Gasteiger partial charge in [0.2, 0.25) is 12.2 Å².